The number of ether oxygens (including phenoxy) is 1. The summed E-state index contributed by atoms with van der Waals surface area (Å²) in [6.45, 7) is 9.07. The number of carbonyl (C=O) groups excluding carboxylic acids is 3. The molecule has 0 fully saturated rings. The number of ketones is 2. The number of allylic oxidation sites excluding steroid dienone is 4. The van der Waals surface area contributed by atoms with Crippen molar-refractivity contribution in [3.8, 4) is 0 Å². The van der Waals surface area contributed by atoms with E-state index in [1.54, 1.807) is 33.8 Å². The third kappa shape index (κ3) is 6.37. The van der Waals surface area contributed by atoms with E-state index in [0.29, 0.717) is 18.4 Å². The Morgan fingerprint density at radius 2 is 2.00 bits per heavy atom. The standard InChI is InChI=1S/C18H26O4/c1-13(15(20)11-16(21)22-17(2,3)4)7-6-9-18(5)10-8-14(19)12-18/h7-8,10H,6,9,11-12H2,1-5H3/b13-7+. The number of hydrogen-bond acceptors (Lipinski definition) is 4. The number of esters is 1. The molecule has 0 amide bonds. The summed E-state index contributed by atoms with van der Waals surface area (Å²) in [4.78, 5) is 34.9. The minimum absolute atomic E-state index is 0.109. The molecule has 4 heteroatoms. The molecule has 0 radical (unpaired) electrons. The monoisotopic (exact) mass is 306 g/mol. The van der Waals surface area contributed by atoms with E-state index in [4.69, 9.17) is 4.74 Å². The van der Waals surface area contributed by atoms with Gasteiger partial charge in [-0.1, -0.05) is 19.1 Å². The molecule has 0 aromatic carbocycles. The Bertz CT molecular complexity index is 520. The zero-order valence-corrected chi connectivity index (χ0v) is 14.2. The van der Waals surface area contributed by atoms with Gasteiger partial charge in [0.05, 0.1) is 0 Å². The predicted molar refractivity (Wildman–Crippen MR) is 85.3 cm³/mol. The molecule has 0 aliphatic heterocycles. The number of Topliss-reactive ketones (excluding diaryl/α,β-unsaturated/α-hetero) is 1. The van der Waals surface area contributed by atoms with Crippen molar-refractivity contribution in [3.05, 3.63) is 23.8 Å². The Morgan fingerprint density at radius 1 is 1.36 bits per heavy atom. The van der Waals surface area contributed by atoms with Gasteiger partial charge in [0.15, 0.2) is 11.6 Å². The maximum absolute atomic E-state index is 12.0. The second-order valence-corrected chi connectivity index (χ2v) is 7.24. The molecule has 1 rings (SSSR count). The van der Waals surface area contributed by atoms with Crippen LogP contribution < -0.4 is 0 Å². The van der Waals surface area contributed by atoms with Gasteiger partial charge in [-0.05, 0) is 57.6 Å². The van der Waals surface area contributed by atoms with Crippen LogP contribution in [-0.2, 0) is 19.1 Å². The van der Waals surface area contributed by atoms with E-state index in [9.17, 15) is 14.4 Å². The Balaban J connectivity index is 2.44. The van der Waals surface area contributed by atoms with Gasteiger partial charge in [-0.25, -0.2) is 0 Å². The highest BCUT2D eigenvalue weighted by molar-refractivity contribution is 6.05. The minimum atomic E-state index is -0.578. The maximum Gasteiger partial charge on any atom is 0.314 e. The SMILES string of the molecule is C/C(=C\CCC1(C)C=CC(=O)C1)C(=O)CC(=O)OC(C)(C)C. The molecule has 0 N–H and O–H groups in total. The van der Waals surface area contributed by atoms with Crippen molar-refractivity contribution >= 4 is 17.5 Å². The van der Waals surface area contributed by atoms with E-state index in [-0.39, 0.29) is 23.4 Å². The van der Waals surface area contributed by atoms with Crippen LogP contribution in [0.3, 0.4) is 0 Å². The largest absolute Gasteiger partial charge is 0.460 e. The smallest absolute Gasteiger partial charge is 0.314 e. The van der Waals surface area contributed by atoms with Crippen LogP contribution in [0.5, 0.6) is 0 Å². The van der Waals surface area contributed by atoms with E-state index >= 15 is 0 Å². The summed E-state index contributed by atoms with van der Waals surface area (Å²) >= 11 is 0. The van der Waals surface area contributed by atoms with Gasteiger partial charge in [-0.15, -0.1) is 0 Å². The molecule has 0 aromatic heterocycles. The van der Waals surface area contributed by atoms with Crippen LogP contribution in [0.15, 0.2) is 23.8 Å². The first-order chi connectivity index (χ1) is 10.0. The summed E-state index contributed by atoms with van der Waals surface area (Å²) in [6, 6.07) is 0. The molecule has 122 valence electrons. The molecule has 1 aliphatic rings. The molecule has 0 spiro atoms. The summed E-state index contributed by atoms with van der Waals surface area (Å²) in [5, 5.41) is 0. The molecular formula is C18H26O4. The van der Waals surface area contributed by atoms with Crippen molar-refractivity contribution in [1.82, 2.24) is 0 Å². The van der Waals surface area contributed by atoms with Gasteiger partial charge in [0.25, 0.3) is 0 Å². The molecule has 0 aromatic rings. The highest BCUT2D eigenvalue weighted by Gasteiger charge is 2.28. The average molecular weight is 306 g/mol. The van der Waals surface area contributed by atoms with Gasteiger partial charge in [0.1, 0.15) is 12.0 Å². The molecule has 1 aliphatic carbocycles. The van der Waals surface area contributed by atoms with E-state index in [0.717, 1.165) is 6.42 Å². The molecule has 0 heterocycles. The molecule has 0 bridgehead atoms. The van der Waals surface area contributed by atoms with Crippen LogP contribution in [-0.4, -0.2) is 23.1 Å². The van der Waals surface area contributed by atoms with E-state index in [1.807, 2.05) is 19.1 Å². The average Bonchev–Trinajstić information content (AvgIpc) is 2.66. The number of hydrogen-bond donors (Lipinski definition) is 0. The van der Waals surface area contributed by atoms with Gasteiger partial charge in [0.2, 0.25) is 0 Å². The first-order valence-electron chi connectivity index (χ1n) is 7.65. The van der Waals surface area contributed by atoms with Crippen LogP contribution in [0.25, 0.3) is 0 Å². The summed E-state index contributed by atoms with van der Waals surface area (Å²) in [5.41, 5.74) is -0.116. The van der Waals surface area contributed by atoms with Crippen LogP contribution in [0.2, 0.25) is 0 Å². The highest BCUT2D eigenvalue weighted by Crippen LogP contribution is 2.34. The van der Waals surface area contributed by atoms with E-state index in [2.05, 4.69) is 0 Å². The van der Waals surface area contributed by atoms with Gasteiger partial charge in [-0.3, -0.25) is 14.4 Å². The summed E-state index contributed by atoms with van der Waals surface area (Å²) in [7, 11) is 0. The lowest BCUT2D eigenvalue weighted by molar-refractivity contribution is -0.155. The Hall–Kier alpha value is -1.71. The molecule has 4 nitrogen and oxygen atoms in total. The fourth-order valence-electron chi connectivity index (χ4n) is 2.36. The minimum Gasteiger partial charge on any atom is -0.460 e. The second kappa shape index (κ2) is 7.03. The van der Waals surface area contributed by atoms with Gasteiger partial charge >= 0.3 is 5.97 Å². The number of rotatable bonds is 6. The van der Waals surface area contributed by atoms with Gasteiger partial charge < -0.3 is 4.74 Å². The zero-order chi connectivity index (χ0) is 17.0. The summed E-state index contributed by atoms with van der Waals surface area (Å²) in [5.74, 6) is -0.553. The highest BCUT2D eigenvalue weighted by atomic mass is 16.6. The van der Waals surface area contributed by atoms with Gasteiger partial charge in [-0.2, -0.15) is 0 Å². The molecule has 0 saturated carbocycles. The lowest BCUT2D eigenvalue weighted by Gasteiger charge is -2.20. The van der Waals surface area contributed by atoms with Crippen LogP contribution in [0, 0.1) is 5.41 Å². The Kier molecular flexibility index (Phi) is 5.86. The second-order valence-electron chi connectivity index (χ2n) is 7.24. The molecule has 22 heavy (non-hydrogen) atoms. The van der Waals surface area contributed by atoms with Crippen LogP contribution in [0.1, 0.15) is 60.3 Å². The van der Waals surface area contributed by atoms with Crippen LogP contribution in [0.4, 0.5) is 0 Å². The van der Waals surface area contributed by atoms with E-state index in [1.165, 1.54) is 0 Å². The first kappa shape index (κ1) is 18.3. The van der Waals surface area contributed by atoms with Crippen molar-refractivity contribution in [3.63, 3.8) is 0 Å². The van der Waals surface area contributed by atoms with Crippen molar-refractivity contribution < 1.29 is 19.1 Å². The van der Waals surface area contributed by atoms with Crippen molar-refractivity contribution in [2.75, 3.05) is 0 Å². The fourth-order valence-corrected chi connectivity index (χ4v) is 2.36. The third-order valence-corrected chi connectivity index (χ3v) is 3.58. The zero-order valence-electron chi connectivity index (χ0n) is 14.2. The van der Waals surface area contributed by atoms with Crippen LogP contribution >= 0.6 is 0 Å². The van der Waals surface area contributed by atoms with Crippen molar-refractivity contribution in [1.29, 1.82) is 0 Å². The lowest BCUT2D eigenvalue weighted by atomic mass is 9.84. The lowest BCUT2D eigenvalue weighted by Crippen LogP contribution is -2.25. The Morgan fingerprint density at radius 3 is 2.50 bits per heavy atom. The van der Waals surface area contributed by atoms with Crippen molar-refractivity contribution in [2.24, 2.45) is 5.41 Å². The molecule has 1 unspecified atom stereocenters. The maximum atomic E-state index is 12.0. The molecule has 0 saturated heterocycles. The van der Waals surface area contributed by atoms with Crippen molar-refractivity contribution in [2.45, 2.75) is 65.9 Å². The van der Waals surface area contributed by atoms with Gasteiger partial charge in [0, 0.05) is 6.42 Å². The quantitative estimate of drug-likeness (QED) is 0.428. The summed E-state index contributed by atoms with van der Waals surface area (Å²) in [6.07, 6.45) is 7.24. The first-order valence-corrected chi connectivity index (χ1v) is 7.65. The normalized spacial score (nSPS) is 22.0. The topological polar surface area (TPSA) is 60.4 Å². The molecular weight excluding hydrogens is 280 g/mol. The Labute approximate surface area is 132 Å². The fraction of sp³-hybridized carbons (Fsp3) is 0.611. The predicted octanol–water partition coefficient (Wildman–Crippen LogP) is 3.55. The molecule has 1 atom stereocenters. The third-order valence-electron chi connectivity index (χ3n) is 3.58. The number of carbonyl (C=O) groups is 3. The summed E-state index contributed by atoms with van der Waals surface area (Å²) < 4.78 is 5.14. The van der Waals surface area contributed by atoms with E-state index < -0.39 is 11.6 Å².